The maximum atomic E-state index is 15.3. The molecule has 0 unspecified atom stereocenters. The zero-order valence-electron chi connectivity index (χ0n) is 18.3. The summed E-state index contributed by atoms with van der Waals surface area (Å²) in [5.41, 5.74) is 3.38. The number of fused-ring (bicyclic) bond motifs is 1. The molecule has 0 aromatic heterocycles. The molecule has 0 radical (unpaired) electrons. The highest BCUT2D eigenvalue weighted by Crippen LogP contribution is 2.33. The van der Waals surface area contributed by atoms with Crippen molar-refractivity contribution in [2.45, 2.75) is 45.4 Å². The van der Waals surface area contributed by atoms with Crippen LogP contribution in [0.1, 0.15) is 44.6 Å². The van der Waals surface area contributed by atoms with Crippen LogP contribution in [0.5, 0.6) is 0 Å². The van der Waals surface area contributed by atoms with Crippen LogP contribution in [0.15, 0.2) is 72.8 Å². The maximum absolute atomic E-state index is 15.3. The Morgan fingerprint density at radius 1 is 0.688 bits per heavy atom. The quantitative estimate of drug-likeness (QED) is 0.235. The van der Waals surface area contributed by atoms with Crippen LogP contribution in [0.25, 0.3) is 33.0 Å². The highest BCUT2D eigenvalue weighted by atomic mass is 35.5. The molecule has 0 saturated heterocycles. The molecule has 164 valence electrons. The number of unbranched alkanes of at least 4 members (excludes halogenated alkanes) is 4. The number of benzene rings is 4. The van der Waals surface area contributed by atoms with E-state index in [-0.39, 0.29) is 11.6 Å². The van der Waals surface area contributed by atoms with Crippen LogP contribution in [0.2, 0.25) is 5.02 Å². The number of hydrogen-bond acceptors (Lipinski definition) is 0. The highest BCUT2D eigenvalue weighted by molar-refractivity contribution is 6.30. The summed E-state index contributed by atoms with van der Waals surface area (Å²) in [4.78, 5) is 0. The maximum Gasteiger partial charge on any atom is 0.138 e. The number of aryl methyl sites for hydroxylation is 1. The van der Waals surface area contributed by atoms with Crippen molar-refractivity contribution in [3.63, 3.8) is 0 Å². The minimum Gasteiger partial charge on any atom is -0.206 e. The van der Waals surface area contributed by atoms with Crippen LogP contribution in [0.3, 0.4) is 0 Å². The Morgan fingerprint density at radius 2 is 1.41 bits per heavy atom. The summed E-state index contributed by atoms with van der Waals surface area (Å²) in [6.07, 6.45) is 7.20. The van der Waals surface area contributed by atoms with Crippen LogP contribution >= 0.6 is 11.6 Å². The summed E-state index contributed by atoms with van der Waals surface area (Å²) in [5, 5.41) is 2.05. The molecule has 0 aliphatic carbocycles. The molecular weight excluding hydrogens is 422 g/mol. The van der Waals surface area contributed by atoms with Gasteiger partial charge in [0.25, 0.3) is 0 Å². The molecule has 0 atom stereocenters. The zero-order chi connectivity index (χ0) is 22.5. The third-order valence-corrected chi connectivity index (χ3v) is 6.27. The Morgan fingerprint density at radius 3 is 2.16 bits per heavy atom. The van der Waals surface area contributed by atoms with Gasteiger partial charge in [0.05, 0.1) is 0 Å². The average Bonchev–Trinajstić information content (AvgIpc) is 2.80. The Bertz CT molecular complexity index is 1210. The molecule has 0 saturated carbocycles. The first-order chi connectivity index (χ1) is 15.6. The number of hydrogen-bond donors (Lipinski definition) is 0. The standard InChI is InChI=1S/C29H27ClF2/c1-2-3-4-5-6-7-20-8-15-26-22(18-20)12-17-27(29(26)32)23-11-16-25(28(31)19-23)21-9-13-24(30)14-10-21/h8-19H,2-7H2,1H3. The Labute approximate surface area is 193 Å². The fourth-order valence-electron chi connectivity index (χ4n) is 4.20. The smallest absolute Gasteiger partial charge is 0.138 e. The first kappa shape index (κ1) is 22.5. The van der Waals surface area contributed by atoms with Crippen molar-refractivity contribution in [1.29, 1.82) is 0 Å². The molecule has 32 heavy (non-hydrogen) atoms. The molecule has 0 fully saturated rings. The highest BCUT2D eigenvalue weighted by Gasteiger charge is 2.13. The molecule has 4 aromatic carbocycles. The normalized spacial score (nSPS) is 11.2. The summed E-state index contributed by atoms with van der Waals surface area (Å²) in [6.45, 7) is 2.22. The average molecular weight is 449 g/mol. The molecule has 4 aromatic rings. The van der Waals surface area contributed by atoms with Crippen LogP contribution in [-0.2, 0) is 6.42 Å². The van der Waals surface area contributed by atoms with E-state index in [1.54, 1.807) is 42.5 Å². The van der Waals surface area contributed by atoms with Gasteiger partial charge in [-0.1, -0.05) is 98.8 Å². The van der Waals surface area contributed by atoms with Gasteiger partial charge in [-0.3, -0.25) is 0 Å². The summed E-state index contributed by atoms with van der Waals surface area (Å²) in [5.74, 6) is -0.696. The largest absolute Gasteiger partial charge is 0.206 e. The first-order valence-electron chi connectivity index (χ1n) is 11.3. The monoisotopic (exact) mass is 448 g/mol. The van der Waals surface area contributed by atoms with Gasteiger partial charge in [0.2, 0.25) is 0 Å². The van der Waals surface area contributed by atoms with E-state index < -0.39 is 0 Å². The van der Waals surface area contributed by atoms with Crippen molar-refractivity contribution in [3.05, 3.63) is 95.0 Å². The molecule has 0 aliphatic rings. The van der Waals surface area contributed by atoms with Crippen LogP contribution in [0.4, 0.5) is 8.78 Å². The second-order valence-electron chi connectivity index (χ2n) is 8.35. The molecule has 4 rings (SSSR count). The van der Waals surface area contributed by atoms with Gasteiger partial charge in [0.1, 0.15) is 11.6 Å². The van der Waals surface area contributed by atoms with Gasteiger partial charge < -0.3 is 0 Å². The molecule has 0 aliphatic heterocycles. The van der Waals surface area contributed by atoms with E-state index >= 15 is 4.39 Å². The Kier molecular flexibility index (Phi) is 7.22. The Balaban J connectivity index is 1.58. The molecule has 0 nitrogen and oxygen atoms in total. The minimum atomic E-state index is -0.386. The fraction of sp³-hybridized carbons (Fsp3) is 0.241. The summed E-state index contributed by atoms with van der Waals surface area (Å²) < 4.78 is 30.2. The van der Waals surface area contributed by atoms with E-state index in [2.05, 4.69) is 13.0 Å². The predicted octanol–water partition coefficient (Wildman–Crippen LogP) is 9.62. The van der Waals surface area contributed by atoms with Crippen LogP contribution in [-0.4, -0.2) is 0 Å². The van der Waals surface area contributed by atoms with E-state index in [0.29, 0.717) is 27.1 Å². The van der Waals surface area contributed by atoms with Crippen molar-refractivity contribution in [2.24, 2.45) is 0 Å². The lowest BCUT2D eigenvalue weighted by Crippen LogP contribution is -1.92. The van der Waals surface area contributed by atoms with Crippen LogP contribution < -0.4 is 0 Å². The Hall–Kier alpha value is -2.71. The van der Waals surface area contributed by atoms with Crippen LogP contribution in [0, 0.1) is 11.6 Å². The van der Waals surface area contributed by atoms with Crippen molar-refractivity contribution in [3.8, 4) is 22.3 Å². The molecule has 0 bridgehead atoms. The van der Waals surface area contributed by atoms with Crippen molar-refractivity contribution in [2.75, 3.05) is 0 Å². The van der Waals surface area contributed by atoms with E-state index in [1.165, 1.54) is 37.3 Å². The molecule has 0 spiro atoms. The third kappa shape index (κ3) is 5.02. The third-order valence-electron chi connectivity index (χ3n) is 6.02. The van der Waals surface area contributed by atoms with Crippen molar-refractivity contribution >= 4 is 22.4 Å². The summed E-state index contributed by atoms with van der Waals surface area (Å²) in [7, 11) is 0. The lowest BCUT2D eigenvalue weighted by molar-refractivity contribution is 0.630. The molecule has 3 heteroatoms. The topological polar surface area (TPSA) is 0 Å². The van der Waals surface area contributed by atoms with Gasteiger partial charge in [0, 0.05) is 21.5 Å². The lowest BCUT2D eigenvalue weighted by Gasteiger charge is -2.11. The van der Waals surface area contributed by atoms with E-state index in [4.69, 9.17) is 11.6 Å². The molecule has 0 heterocycles. The van der Waals surface area contributed by atoms with Gasteiger partial charge in [-0.15, -0.1) is 0 Å². The van der Waals surface area contributed by atoms with Crippen molar-refractivity contribution < 1.29 is 8.78 Å². The fourth-order valence-corrected chi connectivity index (χ4v) is 4.32. The van der Waals surface area contributed by atoms with E-state index in [9.17, 15) is 4.39 Å². The van der Waals surface area contributed by atoms with Gasteiger partial charge in [-0.25, -0.2) is 8.78 Å². The summed E-state index contributed by atoms with van der Waals surface area (Å²) >= 11 is 5.93. The molecular formula is C29H27ClF2. The second-order valence-corrected chi connectivity index (χ2v) is 8.78. The van der Waals surface area contributed by atoms with E-state index in [1.807, 2.05) is 18.2 Å². The van der Waals surface area contributed by atoms with E-state index in [0.717, 1.165) is 23.8 Å². The van der Waals surface area contributed by atoms with Gasteiger partial charge >= 0.3 is 0 Å². The molecule has 0 N–H and O–H groups in total. The summed E-state index contributed by atoms with van der Waals surface area (Å²) in [6, 6.07) is 21.5. The first-order valence-corrected chi connectivity index (χ1v) is 11.7. The number of rotatable bonds is 8. The predicted molar refractivity (Wildman–Crippen MR) is 132 cm³/mol. The molecule has 0 amide bonds. The van der Waals surface area contributed by atoms with Gasteiger partial charge in [-0.05, 0) is 53.1 Å². The van der Waals surface area contributed by atoms with Gasteiger partial charge in [-0.2, -0.15) is 0 Å². The minimum absolute atomic E-state index is 0.310. The lowest BCUT2D eigenvalue weighted by atomic mass is 9.96. The second kappa shape index (κ2) is 10.3. The van der Waals surface area contributed by atoms with Gasteiger partial charge in [0.15, 0.2) is 0 Å². The number of halogens is 3. The zero-order valence-corrected chi connectivity index (χ0v) is 19.1. The SMILES string of the molecule is CCCCCCCc1ccc2c(F)c(-c3ccc(-c4ccc(Cl)cc4)c(F)c3)ccc2c1. The van der Waals surface area contributed by atoms with Crippen molar-refractivity contribution in [1.82, 2.24) is 0 Å².